The normalized spacial score (nSPS) is 19.5. The molecule has 17 heavy (non-hydrogen) atoms. The lowest BCUT2D eigenvalue weighted by atomic mass is 10.2. The van der Waals surface area contributed by atoms with Crippen molar-refractivity contribution in [2.45, 2.75) is 45.7 Å². The Hall–Kier alpha value is -0.123. The van der Waals surface area contributed by atoms with Gasteiger partial charge in [0, 0.05) is 26.2 Å². The van der Waals surface area contributed by atoms with Gasteiger partial charge < -0.3 is 9.47 Å². The van der Waals surface area contributed by atoms with E-state index < -0.39 is 8.24 Å². The highest BCUT2D eigenvalue weighted by Gasteiger charge is 2.28. The first kappa shape index (κ1) is 14.9. The highest BCUT2D eigenvalue weighted by atomic mass is 28.3. The van der Waals surface area contributed by atoms with E-state index in [2.05, 4.69) is 41.8 Å². The molecule has 0 aromatic rings. The maximum atomic E-state index is 4.00. The van der Waals surface area contributed by atoms with Crippen LogP contribution in [0.5, 0.6) is 0 Å². The van der Waals surface area contributed by atoms with Gasteiger partial charge in [0.2, 0.25) is 0 Å². The molecule has 0 spiro atoms. The van der Waals surface area contributed by atoms with Gasteiger partial charge in [-0.3, -0.25) is 0 Å². The van der Waals surface area contributed by atoms with Crippen molar-refractivity contribution in [1.29, 1.82) is 0 Å². The molecule has 1 aliphatic heterocycles. The monoisotopic (exact) mass is 254 g/mol. The van der Waals surface area contributed by atoms with E-state index in [-0.39, 0.29) is 0 Å². The first-order chi connectivity index (χ1) is 8.10. The second kappa shape index (κ2) is 7.34. The summed E-state index contributed by atoms with van der Waals surface area (Å²) in [5, 5.41) is 0. The summed E-state index contributed by atoms with van der Waals surface area (Å²) in [6.07, 6.45) is 5.53. The van der Waals surface area contributed by atoms with Crippen LogP contribution >= 0.6 is 0 Å². The molecule has 100 valence electrons. The number of hydrogen-bond acceptors (Lipinski definition) is 2. The van der Waals surface area contributed by atoms with Crippen LogP contribution in [-0.2, 0) is 0 Å². The van der Waals surface area contributed by atoms with Gasteiger partial charge in [0.05, 0.1) is 0 Å². The maximum absolute atomic E-state index is 4.00. The molecule has 0 atom stereocenters. The molecule has 1 aliphatic rings. The van der Waals surface area contributed by atoms with E-state index in [1.165, 1.54) is 58.4 Å². The highest BCUT2D eigenvalue weighted by Crippen LogP contribution is 2.14. The first-order valence-corrected chi connectivity index (χ1v) is 10.2. The Morgan fingerprint density at radius 3 is 2.24 bits per heavy atom. The number of nitrogens with zero attached hydrogens (tertiary/aromatic N) is 2. The van der Waals surface area contributed by atoms with E-state index in [4.69, 9.17) is 0 Å². The van der Waals surface area contributed by atoms with Crippen LogP contribution in [0, 0.1) is 0 Å². The zero-order valence-electron chi connectivity index (χ0n) is 12.0. The summed E-state index contributed by atoms with van der Waals surface area (Å²) in [6, 6.07) is 0. The first-order valence-electron chi connectivity index (χ1n) is 7.21. The van der Waals surface area contributed by atoms with Crippen molar-refractivity contribution in [3.63, 3.8) is 0 Å². The van der Waals surface area contributed by atoms with Crippen LogP contribution in [0.1, 0.15) is 32.6 Å². The van der Waals surface area contributed by atoms with E-state index in [0.717, 1.165) is 0 Å². The van der Waals surface area contributed by atoms with E-state index in [1.54, 1.807) is 0 Å². The van der Waals surface area contributed by atoms with E-state index in [9.17, 15) is 0 Å². The number of rotatable bonds is 7. The van der Waals surface area contributed by atoms with Crippen LogP contribution in [0.15, 0.2) is 12.3 Å². The molecule has 0 aromatic carbocycles. The predicted molar refractivity (Wildman–Crippen MR) is 79.8 cm³/mol. The third-order valence-corrected chi connectivity index (χ3v) is 7.09. The summed E-state index contributed by atoms with van der Waals surface area (Å²) in [4.78, 5) is 2.64. The van der Waals surface area contributed by atoms with Crippen LogP contribution in [0.4, 0.5) is 0 Å². The number of unbranched alkanes of at least 4 members (excludes halogenated alkanes) is 3. The lowest BCUT2D eigenvalue weighted by molar-refractivity contribution is 0.181. The van der Waals surface area contributed by atoms with Crippen molar-refractivity contribution in [1.82, 2.24) is 9.47 Å². The highest BCUT2D eigenvalue weighted by molar-refractivity contribution is 6.79. The summed E-state index contributed by atoms with van der Waals surface area (Å²) >= 11 is 0. The minimum Gasteiger partial charge on any atom is -0.318 e. The molecule has 0 aromatic heterocycles. The molecule has 1 fully saturated rings. The van der Waals surface area contributed by atoms with Gasteiger partial charge in [-0.2, -0.15) is 0 Å². The largest absolute Gasteiger partial charge is 0.318 e. The van der Waals surface area contributed by atoms with Crippen LogP contribution in [0.2, 0.25) is 13.1 Å². The molecule has 0 amide bonds. The molecule has 0 radical (unpaired) electrons. The van der Waals surface area contributed by atoms with Crippen LogP contribution in [0.3, 0.4) is 0 Å². The van der Waals surface area contributed by atoms with Crippen molar-refractivity contribution in [2.24, 2.45) is 0 Å². The molecule has 2 nitrogen and oxygen atoms in total. The van der Waals surface area contributed by atoms with Gasteiger partial charge in [-0.1, -0.05) is 45.0 Å². The molecule has 1 saturated heterocycles. The lowest BCUT2D eigenvalue weighted by Gasteiger charge is -2.41. The van der Waals surface area contributed by atoms with Crippen LogP contribution in [-0.4, -0.2) is 50.4 Å². The minimum atomic E-state index is -1.28. The Morgan fingerprint density at radius 1 is 1.06 bits per heavy atom. The summed E-state index contributed by atoms with van der Waals surface area (Å²) in [5.41, 5.74) is 2.21. The fourth-order valence-corrected chi connectivity index (χ4v) is 4.05. The molecule has 3 heteroatoms. The van der Waals surface area contributed by atoms with Crippen molar-refractivity contribution < 1.29 is 0 Å². The van der Waals surface area contributed by atoms with Gasteiger partial charge in [-0.15, -0.1) is 6.58 Å². The topological polar surface area (TPSA) is 6.48 Å². The molecule has 1 heterocycles. The molecule has 0 N–H and O–H groups in total. The molecular formula is C14H30N2Si. The van der Waals surface area contributed by atoms with Gasteiger partial charge in [0.25, 0.3) is 0 Å². The average Bonchev–Trinajstić information content (AvgIpc) is 2.35. The Bertz CT molecular complexity index is 220. The number of piperazine rings is 1. The predicted octanol–water partition coefficient (Wildman–Crippen LogP) is 3.11. The second-order valence-corrected chi connectivity index (χ2v) is 10.1. The van der Waals surface area contributed by atoms with Crippen molar-refractivity contribution in [2.75, 3.05) is 32.7 Å². The Labute approximate surface area is 109 Å². The SMILES string of the molecule is C=C[Si](C)(C)N1CCN(CCCCCC)CC1. The molecule has 0 saturated carbocycles. The van der Waals surface area contributed by atoms with Gasteiger partial charge in [0.15, 0.2) is 0 Å². The standard InChI is InChI=1S/C14H30N2Si/c1-5-7-8-9-10-15-11-13-16(14-12-15)17(3,4)6-2/h6H,2,5,7-14H2,1,3-4H3. The van der Waals surface area contributed by atoms with Crippen LogP contribution in [0.25, 0.3) is 0 Å². The Kier molecular flexibility index (Phi) is 6.45. The van der Waals surface area contributed by atoms with Gasteiger partial charge in [-0.05, 0) is 13.0 Å². The number of hydrogen-bond donors (Lipinski definition) is 0. The van der Waals surface area contributed by atoms with Crippen molar-refractivity contribution in [3.05, 3.63) is 12.3 Å². The van der Waals surface area contributed by atoms with Gasteiger partial charge >= 0.3 is 0 Å². The lowest BCUT2D eigenvalue weighted by Crippen LogP contribution is -2.56. The van der Waals surface area contributed by atoms with Crippen molar-refractivity contribution in [3.8, 4) is 0 Å². The summed E-state index contributed by atoms with van der Waals surface area (Å²) in [6.45, 7) is 17.4. The smallest absolute Gasteiger partial charge is 0.146 e. The fraction of sp³-hybridized carbons (Fsp3) is 0.857. The maximum Gasteiger partial charge on any atom is 0.146 e. The second-order valence-electron chi connectivity index (χ2n) is 5.75. The molecule has 0 unspecified atom stereocenters. The zero-order chi connectivity index (χ0) is 12.7. The molecule has 0 aliphatic carbocycles. The molecular weight excluding hydrogens is 224 g/mol. The summed E-state index contributed by atoms with van der Waals surface area (Å²) in [5.74, 6) is 0. The van der Waals surface area contributed by atoms with Gasteiger partial charge in [-0.25, -0.2) is 0 Å². The van der Waals surface area contributed by atoms with E-state index in [1.807, 2.05) is 0 Å². The van der Waals surface area contributed by atoms with E-state index in [0.29, 0.717) is 0 Å². The third kappa shape index (κ3) is 4.94. The zero-order valence-corrected chi connectivity index (χ0v) is 13.0. The third-order valence-electron chi connectivity index (χ3n) is 4.01. The minimum absolute atomic E-state index is 1.25. The Balaban J connectivity index is 2.19. The Morgan fingerprint density at radius 2 is 1.71 bits per heavy atom. The van der Waals surface area contributed by atoms with E-state index >= 15 is 0 Å². The van der Waals surface area contributed by atoms with Crippen molar-refractivity contribution >= 4 is 8.24 Å². The fourth-order valence-electron chi connectivity index (χ4n) is 2.44. The molecule has 0 bridgehead atoms. The van der Waals surface area contributed by atoms with Gasteiger partial charge in [0.1, 0.15) is 8.24 Å². The quantitative estimate of drug-likeness (QED) is 0.509. The van der Waals surface area contributed by atoms with Crippen LogP contribution < -0.4 is 0 Å². The summed E-state index contributed by atoms with van der Waals surface area (Å²) < 4.78 is 2.68. The molecule has 1 rings (SSSR count). The summed E-state index contributed by atoms with van der Waals surface area (Å²) in [7, 11) is -1.28. The average molecular weight is 254 g/mol.